The van der Waals surface area contributed by atoms with Crippen molar-refractivity contribution in [1.82, 2.24) is 10.2 Å². The van der Waals surface area contributed by atoms with Gasteiger partial charge in [-0.05, 0) is 17.7 Å². The van der Waals surface area contributed by atoms with E-state index in [0.29, 0.717) is 50.0 Å². The fraction of sp³-hybridized carbons (Fsp3) is 0.316. The van der Waals surface area contributed by atoms with E-state index in [4.69, 9.17) is 11.6 Å². The number of nitrogens with one attached hydrogen (secondary N) is 1. The normalized spacial score (nSPS) is 14.8. The van der Waals surface area contributed by atoms with E-state index < -0.39 is 0 Å². The molecule has 27 heavy (non-hydrogen) atoms. The third-order valence-corrected chi connectivity index (χ3v) is 4.96. The molecule has 0 radical (unpaired) electrons. The second-order valence-electron chi connectivity index (χ2n) is 6.38. The predicted octanol–water partition coefficient (Wildman–Crippen LogP) is 2.69. The first kappa shape index (κ1) is 19.1. The minimum atomic E-state index is -0.357. The van der Waals surface area contributed by atoms with Gasteiger partial charge in [0.15, 0.2) is 0 Å². The maximum atomic E-state index is 12.2. The van der Waals surface area contributed by atoms with Crippen molar-refractivity contribution in [3.63, 3.8) is 0 Å². The lowest BCUT2D eigenvalue weighted by Gasteiger charge is -2.35. The summed E-state index contributed by atoms with van der Waals surface area (Å²) in [7, 11) is 0. The molecule has 0 atom stereocenters. The molecule has 8 heteroatoms. The minimum Gasteiger partial charge on any atom is -0.363 e. The summed E-state index contributed by atoms with van der Waals surface area (Å²) in [6, 6.07) is 14.2. The summed E-state index contributed by atoms with van der Waals surface area (Å²) in [5.41, 5.74) is 1.63. The molecule has 1 aliphatic heterocycles. The molecule has 1 N–H and O–H groups in total. The molecule has 142 valence electrons. The van der Waals surface area contributed by atoms with E-state index in [2.05, 4.69) is 5.32 Å². The Labute approximate surface area is 162 Å². The van der Waals surface area contributed by atoms with Crippen LogP contribution in [0.1, 0.15) is 5.56 Å². The summed E-state index contributed by atoms with van der Waals surface area (Å²) in [5, 5.41) is 14.7. The summed E-state index contributed by atoms with van der Waals surface area (Å²) in [6.45, 7) is 3.33. The number of anilines is 1. The molecular formula is C19H21ClN4O3. The van der Waals surface area contributed by atoms with Gasteiger partial charge in [0.05, 0.1) is 11.5 Å². The Morgan fingerprint density at radius 1 is 1.07 bits per heavy atom. The summed E-state index contributed by atoms with van der Waals surface area (Å²) in [4.78, 5) is 27.1. The lowest BCUT2D eigenvalue weighted by atomic mass is 10.2. The van der Waals surface area contributed by atoms with Crippen LogP contribution < -0.4 is 10.2 Å². The number of carbonyl (C=O) groups excluding carboxylic acids is 1. The number of nitrogens with zero attached hydrogens (tertiary/aromatic N) is 3. The van der Waals surface area contributed by atoms with Crippen molar-refractivity contribution >= 4 is 28.9 Å². The average Bonchev–Trinajstić information content (AvgIpc) is 2.68. The molecule has 0 bridgehead atoms. The standard InChI is InChI=1S/C19H21ClN4O3/c20-16-6-2-1-5-15(16)13-21-19(25)14-22-9-11-23(12-10-22)17-7-3-4-8-18(17)24(26)27/h1-8H,9-14H2,(H,21,25). The van der Waals surface area contributed by atoms with Crippen LogP contribution in [0.15, 0.2) is 48.5 Å². The molecule has 3 rings (SSSR count). The van der Waals surface area contributed by atoms with Gasteiger partial charge in [-0.25, -0.2) is 0 Å². The molecular weight excluding hydrogens is 368 g/mol. The van der Waals surface area contributed by atoms with E-state index in [0.717, 1.165) is 5.56 Å². The largest absolute Gasteiger partial charge is 0.363 e. The van der Waals surface area contributed by atoms with E-state index in [-0.39, 0.29) is 16.5 Å². The van der Waals surface area contributed by atoms with E-state index in [1.54, 1.807) is 24.3 Å². The average molecular weight is 389 g/mol. The molecule has 0 unspecified atom stereocenters. The number of rotatable bonds is 6. The molecule has 7 nitrogen and oxygen atoms in total. The van der Waals surface area contributed by atoms with Gasteiger partial charge in [0, 0.05) is 43.8 Å². The number of hydrogen-bond donors (Lipinski definition) is 1. The van der Waals surface area contributed by atoms with Crippen LogP contribution in [-0.2, 0) is 11.3 Å². The number of carbonyl (C=O) groups is 1. The van der Waals surface area contributed by atoms with Crippen LogP contribution in [0.4, 0.5) is 11.4 Å². The minimum absolute atomic E-state index is 0.0611. The maximum absolute atomic E-state index is 12.2. The molecule has 2 aromatic rings. The molecule has 0 aromatic heterocycles. The lowest BCUT2D eigenvalue weighted by molar-refractivity contribution is -0.384. The van der Waals surface area contributed by atoms with Crippen molar-refractivity contribution in [1.29, 1.82) is 0 Å². The smallest absolute Gasteiger partial charge is 0.292 e. The van der Waals surface area contributed by atoms with Gasteiger partial charge < -0.3 is 10.2 Å². The summed E-state index contributed by atoms with van der Waals surface area (Å²) in [5.74, 6) is -0.0611. The van der Waals surface area contributed by atoms with Crippen molar-refractivity contribution < 1.29 is 9.72 Å². The van der Waals surface area contributed by atoms with Crippen molar-refractivity contribution in [3.8, 4) is 0 Å². The Balaban J connectivity index is 1.49. The number of para-hydroxylation sites is 2. The van der Waals surface area contributed by atoms with Crippen LogP contribution >= 0.6 is 11.6 Å². The van der Waals surface area contributed by atoms with Gasteiger partial charge in [-0.1, -0.05) is 41.9 Å². The van der Waals surface area contributed by atoms with Gasteiger partial charge in [0.2, 0.25) is 5.91 Å². The van der Waals surface area contributed by atoms with Crippen molar-refractivity contribution in [2.45, 2.75) is 6.54 Å². The van der Waals surface area contributed by atoms with Gasteiger partial charge in [-0.15, -0.1) is 0 Å². The molecule has 0 spiro atoms. The van der Waals surface area contributed by atoms with E-state index >= 15 is 0 Å². The molecule has 0 aliphatic carbocycles. The quantitative estimate of drug-likeness (QED) is 0.608. The second kappa shape index (κ2) is 8.83. The van der Waals surface area contributed by atoms with Crippen LogP contribution in [0, 0.1) is 10.1 Å². The molecule has 2 aromatic carbocycles. The molecule has 1 amide bonds. The Hall–Kier alpha value is -2.64. The first-order chi connectivity index (χ1) is 13.0. The predicted molar refractivity (Wildman–Crippen MR) is 105 cm³/mol. The monoisotopic (exact) mass is 388 g/mol. The van der Waals surface area contributed by atoms with Gasteiger partial charge in [-0.3, -0.25) is 19.8 Å². The molecule has 0 saturated carbocycles. The highest BCUT2D eigenvalue weighted by Crippen LogP contribution is 2.28. The van der Waals surface area contributed by atoms with Gasteiger partial charge in [0.1, 0.15) is 5.69 Å². The highest BCUT2D eigenvalue weighted by molar-refractivity contribution is 6.31. The van der Waals surface area contributed by atoms with Crippen molar-refractivity contribution in [2.75, 3.05) is 37.6 Å². The zero-order valence-electron chi connectivity index (χ0n) is 14.8. The molecule has 1 saturated heterocycles. The van der Waals surface area contributed by atoms with Crippen LogP contribution in [0.2, 0.25) is 5.02 Å². The molecule has 1 fully saturated rings. The fourth-order valence-electron chi connectivity index (χ4n) is 3.13. The number of benzene rings is 2. The maximum Gasteiger partial charge on any atom is 0.292 e. The molecule has 1 aliphatic rings. The number of piperazine rings is 1. The summed E-state index contributed by atoms with van der Waals surface area (Å²) in [6.07, 6.45) is 0. The van der Waals surface area contributed by atoms with Crippen LogP contribution in [0.5, 0.6) is 0 Å². The van der Waals surface area contributed by atoms with E-state index in [1.165, 1.54) is 6.07 Å². The van der Waals surface area contributed by atoms with Gasteiger partial charge in [0.25, 0.3) is 5.69 Å². The van der Waals surface area contributed by atoms with Crippen LogP contribution in [0.3, 0.4) is 0 Å². The topological polar surface area (TPSA) is 78.7 Å². The van der Waals surface area contributed by atoms with Gasteiger partial charge in [-0.2, -0.15) is 0 Å². The Kier molecular flexibility index (Phi) is 6.26. The Morgan fingerprint density at radius 3 is 2.44 bits per heavy atom. The summed E-state index contributed by atoms with van der Waals surface area (Å²) >= 11 is 6.09. The number of hydrogen-bond acceptors (Lipinski definition) is 5. The highest BCUT2D eigenvalue weighted by atomic mass is 35.5. The zero-order chi connectivity index (χ0) is 19.2. The van der Waals surface area contributed by atoms with Crippen molar-refractivity contribution in [3.05, 3.63) is 69.2 Å². The Morgan fingerprint density at radius 2 is 1.74 bits per heavy atom. The third-order valence-electron chi connectivity index (χ3n) is 4.59. The van der Waals surface area contributed by atoms with Gasteiger partial charge >= 0.3 is 0 Å². The van der Waals surface area contributed by atoms with E-state index in [1.807, 2.05) is 28.0 Å². The SMILES string of the molecule is O=C(CN1CCN(c2ccccc2[N+](=O)[O-])CC1)NCc1ccccc1Cl. The third kappa shape index (κ3) is 4.96. The molecule has 1 heterocycles. The van der Waals surface area contributed by atoms with Crippen molar-refractivity contribution in [2.24, 2.45) is 0 Å². The number of amides is 1. The van der Waals surface area contributed by atoms with E-state index in [9.17, 15) is 14.9 Å². The zero-order valence-corrected chi connectivity index (χ0v) is 15.6. The van der Waals surface area contributed by atoms with Crippen LogP contribution in [-0.4, -0.2) is 48.5 Å². The number of halogens is 1. The second-order valence-corrected chi connectivity index (χ2v) is 6.78. The number of nitro groups is 1. The first-order valence-corrected chi connectivity index (χ1v) is 9.13. The highest BCUT2D eigenvalue weighted by Gasteiger charge is 2.24. The van der Waals surface area contributed by atoms with Crippen LogP contribution in [0.25, 0.3) is 0 Å². The fourth-order valence-corrected chi connectivity index (χ4v) is 3.33. The lowest BCUT2D eigenvalue weighted by Crippen LogP contribution is -2.49. The Bertz CT molecular complexity index is 822. The first-order valence-electron chi connectivity index (χ1n) is 8.75. The summed E-state index contributed by atoms with van der Waals surface area (Å²) < 4.78 is 0. The number of nitro benzene ring substituents is 1.